The molecule has 1 aliphatic rings. The van der Waals surface area contributed by atoms with Gasteiger partial charge >= 0.3 is 0 Å². The van der Waals surface area contributed by atoms with Crippen LogP contribution in [0.15, 0.2) is 82.2 Å². The van der Waals surface area contributed by atoms with Gasteiger partial charge in [-0.1, -0.05) is 24.3 Å². The predicted octanol–water partition coefficient (Wildman–Crippen LogP) is 4.35. The summed E-state index contributed by atoms with van der Waals surface area (Å²) in [6.45, 7) is 0.496. The van der Waals surface area contributed by atoms with E-state index >= 15 is 0 Å². The Morgan fingerprint density at radius 3 is 2.69 bits per heavy atom. The van der Waals surface area contributed by atoms with Crippen LogP contribution in [-0.2, 0) is 4.79 Å². The second-order valence-corrected chi connectivity index (χ2v) is 7.28. The van der Waals surface area contributed by atoms with Gasteiger partial charge in [-0.15, -0.1) is 0 Å². The molecule has 32 heavy (non-hydrogen) atoms. The maximum Gasteiger partial charge on any atom is 0.231 e. The summed E-state index contributed by atoms with van der Waals surface area (Å²) in [5.41, 5.74) is 8.32. The molecule has 3 N–H and O–H groups in total. The lowest BCUT2D eigenvalue weighted by Crippen LogP contribution is -2.16. The van der Waals surface area contributed by atoms with Crippen LogP contribution in [0.5, 0.6) is 11.5 Å². The van der Waals surface area contributed by atoms with Crippen LogP contribution in [0, 0.1) is 0 Å². The van der Waals surface area contributed by atoms with Gasteiger partial charge in [0.2, 0.25) is 12.7 Å². The van der Waals surface area contributed by atoms with Crippen LogP contribution in [0.1, 0.15) is 6.42 Å². The monoisotopic (exact) mass is 427 g/mol. The molecule has 0 saturated carbocycles. The van der Waals surface area contributed by atoms with Crippen molar-refractivity contribution in [3.63, 3.8) is 0 Å². The molecule has 0 radical (unpaired) electrons. The second kappa shape index (κ2) is 8.56. The van der Waals surface area contributed by atoms with E-state index in [0.29, 0.717) is 34.2 Å². The summed E-state index contributed by atoms with van der Waals surface area (Å²) >= 11 is 0. The van der Waals surface area contributed by atoms with Crippen molar-refractivity contribution in [2.24, 2.45) is 10.7 Å². The quantitative estimate of drug-likeness (QED) is 0.493. The van der Waals surface area contributed by atoms with E-state index in [-0.39, 0.29) is 25.7 Å². The minimum Gasteiger partial charge on any atom is -0.456 e. The van der Waals surface area contributed by atoms with Gasteiger partial charge in [0.05, 0.1) is 16.7 Å². The number of nitrogens with zero attached hydrogens (tertiary/aromatic N) is 1. The van der Waals surface area contributed by atoms with Gasteiger partial charge in [0, 0.05) is 30.0 Å². The van der Waals surface area contributed by atoms with E-state index in [1.807, 2.05) is 72.8 Å². The van der Waals surface area contributed by atoms with Crippen molar-refractivity contribution in [1.82, 2.24) is 0 Å². The summed E-state index contributed by atoms with van der Waals surface area (Å²) in [7, 11) is 0. The number of nitrogens with one attached hydrogen (secondary N) is 1. The number of benzene rings is 3. The summed E-state index contributed by atoms with van der Waals surface area (Å²) in [6, 6.07) is 22.7. The second-order valence-electron chi connectivity index (χ2n) is 7.28. The summed E-state index contributed by atoms with van der Waals surface area (Å²) in [5, 5.41) is 4.47. The van der Waals surface area contributed by atoms with Crippen LogP contribution in [0.2, 0.25) is 0 Å². The highest BCUT2D eigenvalue weighted by molar-refractivity contribution is 5.93. The molecule has 7 heteroatoms. The molecule has 1 aliphatic heterocycles. The lowest BCUT2D eigenvalue weighted by atomic mass is 10.1. The van der Waals surface area contributed by atoms with E-state index in [2.05, 4.69) is 5.32 Å². The predicted molar refractivity (Wildman–Crippen MR) is 122 cm³/mol. The van der Waals surface area contributed by atoms with Crippen LogP contribution >= 0.6 is 0 Å². The molecular weight excluding hydrogens is 406 g/mol. The van der Waals surface area contributed by atoms with Gasteiger partial charge in [0.25, 0.3) is 0 Å². The van der Waals surface area contributed by atoms with Crippen molar-refractivity contribution in [3.05, 3.63) is 78.2 Å². The lowest BCUT2D eigenvalue weighted by Gasteiger charge is -2.09. The summed E-state index contributed by atoms with van der Waals surface area (Å²) in [5.74, 6) is 1.88. The van der Waals surface area contributed by atoms with Crippen LogP contribution < -0.4 is 25.9 Å². The third-order valence-corrected chi connectivity index (χ3v) is 5.10. The average molecular weight is 427 g/mol. The Hall–Kier alpha value is -4.10. The first-order valence-electron chi connectivity index (χ1n) is 10.3. The van der Waals surface area contributed by atoms with E-state index in [9.17, 15) is 4.79 Å². The van der Waals surface area contributed by atoms with Gasteiger partial charge in [-0.3, -0.25) is 4.79 Å². The number of hydrogen-bond acceptors (Lipinski definition) is 6. The number of fused-ring (bicyclic) bond motifs is 2. The number of hydrogen-bond donors (Lipinski definition) is 2. The van der Waals surface area contributed by atoms with Crippen molar-refractivity contribution >= 4 is 28.3 Å². The van der Waals surface area contributed by atoms with Gasteiger partial charge < -0.3 is 24.9 Å². The normalized spacial score (nSPS) is 12.8. The molecule has 2 heterocycles. The van der Waals surface area contributed by atoms with Gasteiger partial charge in [-0.25, -0.2) is 4.99 Å². The highest BCUT2D eigenvalue weighted by Gasteiger charge is 2.15. The third kappa shape index (κ3) is 3.93. The van der Waals surface area contributed by atoms with Gasteiger partial charge in [0.15, 0.2) is 11.5 Å². The molecule has 7 nitrogen and oxygen atoms in total. The molecule has 0 atom stereocenters. The maximum atomic E-state index is 12.1. The van der Waals surface area contributed by atoms with E-state index < -0.39 is 0 Å². The first-order chi connectivity index (χ1) is 15.7. The minimum atomic E-state index is -0.149. The Morgan fingerprint density at radius 1 is 0.969 bits per heavy atom. The van der Waals surface area contributed by atoms with E-state index in [1.165, 1.54) is 0 Å². The highest BCUT2D eigenvalue weighted by Crippen LogP contribution is 2.36. The molecule has 0 aliphatic carbocycles. The topological polar surface area (TPSA) is 99.1 Å². The Balaban J connectivity index is 1.65. The molecule has 3 aromatic carbocycles. The summed E-state index contributed by atoms with van der Waals surface area (Å²) in [4.78, 5) is 17.0. The zero-order valence-corrected chi connectivity index (χ0v) is 17.2. The Labute approximate surface area is 184 Å². The number of ether oxygens (including phenoxy) is 2. The fourth-order valence-electron chi connectivity index (χ4n) is 3.55. The van der Waals surface area contributed by atoms with Gasteiger partial charge in [-0.2, -0.15) is 0 Å². The SMILES string of the molecule is NCCC(=O)Nc1ccccc1/N=c1\cc(-c2ccc3c(c2)OCO3)oc2ccccc12. The van der Waals surface area contributed by atoms with E-state index in [4.69, 9.17) is 24.6 Å². The zero-order chi connectivity index (χ0) is 21.9. The Morgan fingerprint density at radius 2 is 1.78 bits per heavy atom. The first-order valence-corrected chi connectivity index (χ1v) is 10.3. The summed E-state index contributed by atoms with van der Waals surface area (Å²) < 4.78 is 17.1. The minimum absolute atomic E-state index is 0.149. The number of carbonyl (C=O) groups is 1. The van der Waals surface area contributed by atoms with Gasteiger partial charge in [-0.05, 0) is 42.5 Å². The molecule has 0 spiro atoms. The van der Waals surface area contributed by atoms with Crippen molar-refractivity contribution < 1.29 is 18.7 Å². The van der Waals surface area contributed by atoms with Crippen molar-refractivity contribution in [2.75, 3.05) is 18.7 Å². The van der Waals surface area contributed by atoms with Crippen LogP contribution in [0.25, 0.3) is 22.3 Å². The van der Waals surface area contributed by atoms with Gasteiger partial charge in [0.1, 0.15) is 11.3 Å². The number of rotatable bonds is 5. The molecule has 0 bridgehead atoms. The van der Waals surface area contributed by atoms with Crippen molar-refractivity contribution in [3.8, 4) is 22.8 Å². The third-order valence-electron chi connectivity index (χ3n) is 5.10. The van der Waals surface area contributed by atoms with Crippen molar-refractivity contribution in [2.45, 2.75) is 6.42 Å². The number of carbonyl (C=O) groups excluding carboxylic acids is 1. The zero-order valence-electron chi connectivity index (χ0n) is 17.2. The molecule has 160 valence electrons. The fraction of sp³-hybridized carbons (Fsp3) is 0.120. The number of para-hydroxylation sites is 3. The molecule has 1 aromatic heterocycles. The van der Waals surface area contributed by atoms with Crippen LogP contribution in [0.3, 0.4) is 0 Å². The number of anilines is 1. The van der Waals surface area contributed by atoms with Crippen LogP contribution in [-0.4, -0.2) is 19.2 Å². The Kier molecular flexibility index (Phi) is 5.31. The van der Waals surface area contributed by atoms with Crippen molar-refractivity contribution in [1.29, 1.82) is 0 Å². The molecule has 5 rings (SSSR count). The molecule has 4 aromatic rings. The largest absolute Gasteiger partial charge is 0.456 e. The molecular formula is C25H21N3O4. The smallest absolute Gasteiger partial charge is 0.231 e. The standard InChI is InChI=1S/C25H21N3O4/c26-12-11-25(29)28-19-7-3-2-6-18(19)27-20-14-23(32-21-8-4-1-5-17(20)21)16-9-10-22-24(13-16)31-15-30-22/h1-10,13-14H,11-12,15,26H2,(H,28,29)/b27-20+. The first kappa shape index (κ1) is 19.8. The number of nitrogens with two attached hydrogens (primary N) is 1. The highest BCUT2D eigenvalue weighted by atomic mass is 16.7. The Bertz CT molecular complexity index is 1380. The van der Waals surface area contributed by atoms with E-state index in [1.54, 1.807) is 0 Å². The number of amides is 1. The lowest BCUT2D eigenvalue weighted by molar-refractivity contribution is -0.116. The molecule has 1 amide bonds. The van der Waals surface area contributed by atoms with Crippen LogP contribution in [0.4, 0.5) is 11.4 Å². The molecule has 0 saturated heterocycles. The molecule has 0 fully saturated rings. The maximum absolute atomic E-state index is 12.1. The molecule has 0 unspecified atom stereocenters. The average Bonchev–Trinajstić information content (AvgIpc) is 3.28. The fourth-order valence-corrected chi connectivity index (χ4v) is 3.55. The summed E-state index contributed by atoms with van der Waals surface area (Å²) in [6.07, 6.45) is 0.246. The van der Waals surface area contributed by atoms with E-state index in [0.717, 1.165) is 16.3 Å².